The van der Waals surface area contributed by atoms with Crippen LogP contribution >= 0.6 is 0 Å². The summed E-state index contributed by atoms with van der Waals surface area (Å²) >= 11 is 0. The van der Waals surface area contributed by atoms with Crippen LogP contribution in [0, 0.1) is 0 Å². The monoisotopic (exact) mass is 233 g/mol. The van der Waals surface area contributed by atoms with E-state index in [4.69, 9.17) is 9.47 Å². The van der Waals surface area contributed by atoms with E-state index in [1.54, 1.807) is 0 Å². The third-order valence-corrected chi connectivity index (χ3v) is 3.51. The first kappa shape index (κ1) is 11.1. The van der Waals surface area contributed by atoms with E-state index in [1.165, 1.54) is 24.8 Å². The maximum Gasteiger partial charge on any atom is 0.120 e. The largest absolute Gasteiger partial charge is 0.490 e. The highest BCUT2D eigenvalue weighted by Crippen LogP contribution is 2.28. The average Bonchev–Trinajstić information content (AvgIpc) is 2.35. The molecule has 1 aromatic carbocycles. The van der Waals surface area contributed by atoms with Gasteiger partial charge in [-0.2, -0.15) is 0 Å². The molecule has 1 N–H and O–H groups in total. The molecular formula is C14H19NO2. The number of morpholine rings is 1. The summed E-state index contributed by atoms with van der Waals surface area (Å²) in [6.07, 6.45) is 4.32. The zero-order valence-electron chi connectivity index (χ0n) is 10.0. The smallest absolute Gasteiger partial charge is 0.120 e. The molecule has 3 nitrogen and oxygen atoms in total. The van der Waals surface area contributed by atoms with Gasteiger partial charge in [0.05, 0.1) is 18.8 Å². The molecule has 3 rings (SSSR count). The summed E-state index contributed by atoms with van der Waals surface area (Å²) in [5, 5.41) is 3.35. The van der Waals surface area contributed by atoms with Crippen molar-refractivity contribution >= 4 is 0 Å². The molecule has 2 aliphatic rings. The highest BCUT2D eigenvalue weighted by Gasteiger charge is 2.20. The molecule has 0 aromatic heterocycles. The van der Waals surface area contributed by atoms with E-state index in [9.17, 15) is 0 Å². The normalized spacial score (nSPS) is 25.3. The molecule has 1 aromatic rings. The summed E-state index contributed by atoms with van der Waals surface area (Å²) in [6.45, 7) is 2.64. The minimum absolute atomic E-state index is 0.175. The molecule has 0 spiro atoms. The molecule has 17 heavy (non-hydrogen) atoms. The standard InChI is InChI=1S/C14H19NO2/c1-3-11(14-10-15-7-8-16-14)9-13(6-1)17-12-4-2-5-12/h1,3,6,9,12,14-15H,2,4-5,7-8,10H2. The summed E-state index contributed by atoms with van der Waals surface area (Å²) in [5.41, 5.74) is 1.22. The van der Waals surface area contributed by atoms with Gasteiger partial charge >= 0.3 is 0 Å². The van der Waals surface area contributed by atoms with Gasteiger partial charge in [-0.25, -0.2) is 0 Å². The number of hydrogen-bond acceptors (Lipinski definition) is 3. The van der Waals surface area contributed by atoms with Crippen LogP contribution in [0.5, 0.6) is 5.75 Å². The van der Waals surface area contributed by atoms with Crippen LogP contribution in [-0.2, 0) is 4.74 Å². The lowest BCUT2D eigenvalue weighted by molar-refractivity contribution is 0.0273. The van der Waals surface area contributed by atoms with Gasteiger partial charge in [-0.15, -0.1) is 0 Å². The van der Waals surface area contributed by atoms with Gasteiger partial charge in [0.25, 0.3) is 0 Å². The third kappa shape index (κ3) is 2.61. The molecule has 3 heteroatoms. The zero-order valence-corrected chi connectivity index (χ0v) is 10.0. The van der Waals surface area contributed by atoms with Crippen LogP contribution in [0.15, 0.2) is 24.3 Å². The second-order valence-electron chi connectivity index (χ2n) is 4.81. The average molecular weight is 233 g/mol. The first-order valence-corrected chi connectivity index (χ1v) is 6.51. The highest BCUT2D eigenvalue weighted by molar-refractivity contribution is 5.30. The van der Waals surface area contributed by atoms with E-state index in [0.717, 1.165) is 25.4 Å². The van der Waals surface area contributed by atoms with Crippen molar-refractivity contribution in [1.82, 2.24) is 5.32 Å². The van der Waals surface area contributed by atoms with Gasteiger partial charge in [-0.05, 0) is 37.0 Å². The van der Waals surface area contributed by atoms with Crippen LogP contribution in [0.3, 0.4) is 0 Å². The summed E-state index contributed by atoms with van der Waals surface area (Å²) in [7, 11) is 0. The Kier molecular flexibility index (Phi) is 3.29. The molecule has 1 aliphatic heterocycles. The Hall–Kier alpha value is -1.06. The van der Waals surface area contributed by atoms with Crippen molar-refractivity contribution in [3.05, 3.63) is 29.8 Å². The predicted octanol–water partition coefficient (Wildman–Crippen LogP) is 2.28. The molecule has 1 unspecified atom stereocenters. The minimum Gasteiger partial charge on any atom is -0.490 e. The molecule has 0 bridgehead atoms. The Morgan fingerprint density at radius 2 is 2.24 bits per heavy atom. The van der Waals surface area contributed by atoms with Crippen molar-refractivity contribution in [3.63, 3.8) is 0 Å². The molecule has 0 amide bonds. The summed E-state index contributed by atoms with van der Waals surface area (Å²) in [5.74, 6) is 0.987. The molecule has 1 saturated carbocycles. The van der Waals surface area contributed by atoms with Gasteiger partial charge in [-0.3, -0.25) is 0 Å². The number of nitrogens with one attached hydrogen (secondary N) is 1. The van der Waals surface area contributed by atoms with E-state index >= 15 is 0 Å². The van der Waals surface area contributed by atoms with E-state index in [1.807, 2.05) is 6.07 Å². The number of benzene rings is 1. The van der Waals surface area contributed by atoms with Crippen molar-refractivity contribution in [2.75, 3.05) is 19.7 Å². The molecule has 2 fully saturated rings. The zero-order chi connectivity index (χ0) is 11.5. The highest BCUT2D eigenvalue weighted by atomic mass is 16.5. The predicted molar refractivity (Wildman–Crippen MR) is 66.3 cm³/mol. The van der Waals surface area contributed by atoms with Gasteiger partial charge in [0.1, 0.15) is 5.75 Å². The fourth-order valence-electron chi connectivity index (χ4n) is 2.25. The number of hydrogen-bond donors (Lipinski definition) is 1. The van der Waals surface area contributed by atoms with Crippen LogP contribution in [0.1, 0.15) is 30.9 Å². The maximum absolute atomic E-state index is 5.91. The summed E-state index contributed by atoms with van der Waals surface area (Å²) in [4.78, 5) is 0. The Bertz CT molecular complexity index is 370. The fraction of sp³-hybridized carbons (Fsp3) is 0.571. The van der Waals surface area contributed by atoms with Crippen LogP contribution in [0.4, 0.5) is 0 Å². The molecule has 1 heterocycles. The van der Waals surface area contributed by atoms with Crippen molar-refractivity contribution in [3.8, 4) is 5.75 Å². The van der Waals surface area contributed by atoms with Gasteiger partial charge in [0, 0.05) is 13.1 Å². The molecule has 1 atom stereocenters. The molecule has 1 saturated heterocycles. The lowest BCUT2D eigenvalue weighted by atomic mass is 9.96. The van der Waals surface area contributed by atoms with Crippen molar-refractivity contribution in [1.29, 1.82) is 0 Å². The van der Waals surface area contributed by atoms with Gasteiger partial charge in [-0.1, -0.05) is 12.1 Å². The molecule has 0 radical (unpaired) electrons. The third-order valence-electron chi connectivity index (χ3n) is 3.51. The second kappa shape index (κ2) is 5.07. The molecule has 92 valence electrons. The Labute approximate surface area is 102 Å². The number of ether oxygens (including phenoxy) is 2. The van der Waals surface area contributed by atoms with Crippen molar-refractivity contribution in [2.45, 2.75) is 31.5 Å². The topological polar surface area (TPSA) is 30.5 Å². The summed E-state index contributed by atoms with van der Waals surface area (Å²) in [6, 6.07) is 8.33. The van der Waals surface area contributed by atoms with Crippen LogP contribution in [-0.4, -0.2) is 25.8 Å². The Morgan fingerprint density at radius 1 is 1.29 bits per heavy atom. The van der Waals surface area contributed by atoms with Crippen LogP contribution in [0.2, 0.25) is 0 Å². The Morgan fingerprint density at radius 3 is 2.94 bits per heavy atom. The summed E-state index contributed by atoms with van der Waals surface area (Å²) < 4.78 is 11.7. The van der Waals surface area contributed by atoms with Gasteiger partial charge in [0.15, 0.2) is 0 Å². The van der Waals surface area contributed by atoms with E-state index in [2.05, 4.69) is 23.5 Å². The SMILES string of the molecule is c1cc(OC2CCC2)cc(C2CNCCO2)c1. The van der Waals surface area contributed by atoms with Crippen molar-refractivity contribution in [2.24, 2.45) is 0 Å². The van der Waals surface area contributed by atoms with Gasteiger partial charge < -0.3 is 14.8 Å². The first-order chi connectivity index (χ1) is 8.42. The second-order valence-corrected chi connectivity index (χ2v) is 4.81. The van der Waals surface area contributed by atoms with E-state index in [-0.39, 0.29) is 6.10 Å². The first-order valence-electron chi connectivity index (χ1n) is 6.51. The number of rotatable bonds is 3. The molecular weight excluding hydrogens is 214 g/mol. The van der Waals surface area contributed by atoms with Crippen LogP contribution in [0.25, 0.3) is 0 Å². The quantitative estimate of drug-likeness (QED) is 0.868. The van der Waals surface area contributed by atoms with E-state index in [0.29, 0.717) is 6.10 Å². The van der Waals surface area contributed by atoms with Gasteiger partial charge in [0.2, 0.25) is 0 Å². The lowest BCUT2D eigenvalue weighted by Crippen LogP contribution is -2.33. The van der Waals surface area contributed by atoms with E-state index < -0.39 is 0 Å². The fourth-order valence-corrected chi connectivity index (χ4v) is 2.25. The Balaban J connectivity index is 1.68. The maximum atomic E-state index is 5.91. The van der Waals surface area contributed by atoms with Crippen LogP contribution < -0.4 is 10.1 Å². The molecule has 1 aliphatic carbocycles. The van der Waals surface area contributed by atoms with Crippen molar-refractivity contribution < 1.29 is 9.47 Å². The lowest BCUT2D eigenvalue weighted by Gasteiger charge is -2.28. The minimum atomic E-state index is 0.175.